The van der Waals surface area contributed by atoms with Gasteiger partial charge < -0.3 is 4.28 Å². The maximum atomic E-state index is 8.97. The molecule has 0 saturated carbocycles. The fourth-order valence-electron chi connectivity index (χ4n) is 1.28. The van der Waals surface area contributed by atoms with E-state index in [1.165, 1.54) is 0 Å². The zero-order valence-electron chi connectivity index (χ0n) is 7.87. The van der Waals surface area contributed by atoms with Crippen LogP contribution in [0.25, 0.3) is 5.65 Å². The van der Waals surface area contributed by atoms with E-state index in [0.717, 1.165) is 14.9 Å². The van der Waals surface area contributed by atoms with E-state index >= 15 is 0 Å². The zero-order valence-corrected chi connectivity index (χ0v) is 10.8. The molecule has 0 spiro atoms. The van der Waals surface area contributed by atoms with Crippen molar-refractivity contribution in [1.29, 1.82) is 5.26 Å². The van der Waals surface area contributed by atoms with Gasteiger partial charge in [0.1, 0.15) is 17.4 Å². The van der Waals surface area contributed by atoms with Crippen molar-refractivity contribution in [1.82, 2.24) is 9.38 Å². The predicted octanol–water partition coefficient (Wildman–Crippen LogP) is 2.58. The van der Waals surface area contributed by atoms with Crippen molar-refractivity contribution in [2.24, 2.45) is 5.16 Å². The van der Waals surface area contributed by atoms with E-state index in [9.17, 15) is 0 Å². The molecule has 0 atom stereocenters. The molecule has 0 N–H and O–H groups in total. The van der Waals surface area contributed by atoms with Gasteiger partial charge in [0.25, 0.3) is 0 Å². The molecule has 7 heteroatoms. The van der Waals surface area contributed by atoms with Gasteiger partial charge in [0.05, 0.1) is 6.20 Å². The Kier molecular flexibility index (Phi) is 3.63. The molecule has 0 saturated heterocycles. The van der Waals surface area contributed by atoms with E-state index in [-0.39, 0.29) is 5.71 Å². The van der Waals surface area contributed by atoms with Gasteiger partial charge in [-0.1, -0.05) is 11.2 Å². The third kappa shape index (κ3) is 2.12. The van der Waals surface area contributed by atoms with Crippen LogP contribution in [0.15, 0.2) is 35.7 Å². The molecule has 0 fully saturated rings. The van der Waals surface area contributed by atoms with Crippen LogP contribution in [0.3, 0.4) is 0 Å². The summed E-state index contributed by atoms with van der Waals surface area (Å²) in [4.78, 5) is 4.16. The average molecular weight is 344 g/mol. The summed E-state index contributed by atoms with van der Waals surface area (Å²) >= 11 is 1.93. The third-order valence-corrected chi connectivity index (χ3v) is 2.54. The molecule has 0 aliphatic heterocycles. The molecule has 2 aromatic heterocycles. The minimum absolute atomic E-state index is 0.197. The molecule has 5 nitrogen and oxygen atoms in total. The highest BCUT2D eigenvalue weighted by Crippen LogP contribution is 2.14. The maximum absolute atomic E-state index is 8.97. The molecule has 0 radical (unpaired) electrons. The first-order valence-corrected chi connectivity index (χ1v) is 7.50. The molecule has 0 aliphatic rings. The van der Waals surface area contributed by atoms with Crippen LogP contribution in [0.5, 0.6) is 0 Å². The maximum Gasteiger partial charge on any atom is 0.206 e. The first-order chi connectivity index (χ1) is 7.86. The number of fused-ring (bicyclic) bond motifs is 1. The summed E-state index contributed by atoms with van der Waals surface area (Å²) in [6.45, 7) is 0. The molecule has 0 amide bonds. The van der Waals surface area contributed by atoms with E-state index in [1.807, 2.05) is 51.7 Å². The second-order valence-electron chi connectivity index (χ2n) is 2.76. The lowest BCUT2D eigenvalue weighted by atomic mass is 10.3. The Hall–Kier alpha value is -1.27. The second-order valence-corrected chi connectivity index (χ2v) is 4.12. The topological polar surface area (TPSA) is 62.7 Å². The summed E-state index contributed by atoms with van der Waals surface area (Å²) < 4.78 is 6.57. The number of halogens is 1. The first kappa shape index (κ1) is 11.2. The van der Waals surface area contributed by atoms with Crippen molar-refractivity contribution >= 4 is 41.8 Å². The molecule has 2 aromatic rings. The Labute approximate surface area is 108 Å². The highest BCUT2D eigenvalue weighted by atomic mass is 127. The first-order valence-electron chi connectivity index (χ1n) is 4.22. The van der Waals surface area contributed by atoms with Crippen LogP contribution in [0, 0.1) is 11.3 Å². The standard InChI is InChI=1S/C9H5IN4OS/c10-16-15-13-7(5-11)8-6-12-9-3-1-2-4-14(8)9/h1-4,6H/b13-7-. The Bertz CT molecular complexity index is 574. The fourth-order valence-corrected chi connectivity index (χ4v) is 1.63. The summed E-state index contributed by atoms with van der Waals surface area (Å²) in [5, 5.41) is 12.7. The number of oxime groups is 1. The molecule has 0 unspecified atom stereocenters. The van der Waals surface area contributed by atoms with E-state index in [1.54, 1.807) is 10.6 Å². The molecule has 2 rings (SSSR count). The Morgan fingerprint density at radius 1 is 1.62 bits per heavy atom. The molecular formula is C9H5IN4OS. The summed E-state index contributed by atoms with van der Waals surface area (Å²) in [7, 11) is 1.05. The van der Waals surface area contributed by atoms with E-state index in [0.29, 0.717) is 5.69 Å². The van der Waals surface area contributed by atoms with Crippen LogP contribution in [-0.2, 0) is 4.28 Å². The smallest absolute Gasteiger partial charge is 0.206 e. The van der Waals surface area contributed by atoms with Gasteiger partial charge in [0.2, 0.25) is 5.71 Å². The minimum Gasteiger partial charge on any atom is -0.310 e. The van der Waals surface area contributed by atoms with Gasteiger partial charge in [0.15, 0.2) is 9.21 Å². The van der Waals surface area contributed by atoms with Crippen LogP contribution < -0.4 is 0 Å². The monoisotopic (exact) mass is 344 g/mol. The summed E-state index contributed by atoms with van der Waals surface area (Å²) in [6, 6.07) is 7.58. The van der Waals surface area contributed by atoms with Crippen molar-refractivity contribution in [2.45, 2.75) is 0 Å². The zero-order chi connectivity index (χ0) is 11.4. The lowest BCUT2D eigenvalue weighted by molar-refractivity contribution is 0.414. The van der Waals surface area contributed by atoms with Crippen LogP contribution in [0.2, 0.25) is 0 Å². The number of imidazole rings is 1. The van der Waals surface area contributed by atoms with Crippen molar-refractivity contribution in [3.63, 3.8) is 0 Å². The van der Waals surface area contributed by atoms with E-state index in [4.69, 9.17) is 9.55 Å². The number of aromatic nitrogens is 2. The van der Waals surface area contributed by atoms with Gasteiger partial charge in [-0.3, -0.25) is 4.40 Å². The Morgan fingerprint density at radius 3 is 3.25 bits per heavy atom. The molecular weight excluding hydrogens is 339 g/mol. The number of nitrogens with zero attached hydrogens (tertiary/aromatic N) is 4. The number of rotatable bonds is 3. The van der Waals surface area contributed by atoms with Crippen molar-refractivity contribution < 1.29 is 4.28 Å². The summed E-state index contributed by atoms with van der Waals surface area (Å²) in [6.07, 6.45) is 3.42. The molecule has 2 heterocycles. The van der Waals surface area contributed by atoms with Gasteiger partial charge in [-0.05, 0) is 12.1 Å². The lowest BCUT2D eigenvalue weighted by Crippen LogP contribution is -2.01. The fraction of sp³-hybridized carbons (Fsp3) is 0. The number of hydrogen-bond acceptors (Lipinski definition) is 5. The largest absolute Gasteiger partial charge is 0.310 e. The van der Waals surface area contributed by atoms with Gasteiger partial charge in [-0.2, -0.15) is 5.26 Å². The number of nitriles is 1. The van der Waals surface area contributed by atoms with Crippen molar-refractivity contribution in [3.8, 4) is 6.07 Å². The lowest BCUT2D eigenvalue weighted by Gasteiger charge is -1.97. The molecule has 80 valence electrons. The molecule has 16 heavy (non-hydrogen) atoms. The van der Waals surface area contributed by atoms with Crippen LogP contribution >= 0.6 is 30.4 Å². The van der Waals surface area contributed by atoms with Crippen molar-refractivity contribution in [2.75, 3.05) is 0 Å². The van der Waals surface area contributed by atoms with E-state index < -0.39 is 0 Å². The number of hydrogen-bond donors (Lipinski definition) is 0. The van der Waals surface area contributed by atoms with Crippen LogP contribution in [0.4, 0.5) is 0 Å². The number of pyridine rings is 1. The minimum atomic E-state index is 0.197. The summed E-state index contributed by atoms with van der Waals surface area (Å²) in [5.74, 6) is 0. The quantitative estimate of drug-likeness (QED) is 0.372. The van der Waals surface area contributed by atoms with E-state index in [2.05, 4.69) is 10.1 Å². The van der Waals surface area contributed by atoms with Crippen LogP contribution in [0.1, 0.15) is 5.69 Å². The highest BCUT2D eigenvalue weighted by Gasteiger charge is 2.09. The molecule has 0 bridgehead atoms. The second kappa shape index (κ2) is 5.18. The molecule has 0 aromatic carbocycles. The van der Waals surface area contributed by atoms with Gasteiger partial charge >= 0.3 is 0 Å². The average Bonchev–Trinajstić information content (AvgIpc) is 2.75. The predicted molar refractivity (Wildman–Crippen MR) is 70.0 cm³/mol. The summed E-state index contributed by atoms with van der Waals surface area (Å²) in [5.41, 5.74) is 1.58. The Balaban J connectivity index is 2.50. The molecule has 0 aliphatic carbocycles. The van der Waals surface area contributed by atoms with Gasteiger partial charge in [0, 0.05) is 27.4 Å². The highest BCUT2D eigenvalue weighted by molar-refractivity contribution is 14.2. The van der Waals surface area contributed by atoms with Gasteiger partial charge in [-0.25, -0.2) is 4.98 Å². The normalized spacial score (nSPS) is 11.4. The van der Waals surface area contributed by atoms with Crippen LogP contribution in [-0.4, -0.2) is 15.1 Å². The van der Waals surface area contributed by atoms with Gasteiger partial charge in [-0.15, -0.1) is 0 Å². The van der Waals surface area contributed by atoms with Crippen molar-refractivity contribution in [3.05, 3.63) is 36.3 Å². The Morgan fingerprint density at radius 2 is 2.50 bits per heavy atom. The third-order valence-electron chi connectivity index (χ3n) is 1.92. The SMILES string of the molecule is N#C/C(=N/OSI)c1cnc2ccccn12.